The maximum Gasteiger partial charge on any atom is 0.316 e. The number of ether oxygens (including phenoxy) is 2. The molecule has 0 bridgehead atoms. The van der Waals surface area contributed by atoms with Gasteiger partial charge in [-0.3, -0.25) is 4.79 Å². The summed E-state index contributed by atoms with van der Waals surface area (Å²) in [7, 11) is -2.36. The highest BCUT2D eigenvalue weighted by atomic mass is 32.2. The summed E-state index contributed by atoms with van der Waals surface area (Å²) in [4.78, 5) is 11.4. The Bertz CT molecular complexity index is 342. The maximum absolute atomic E-state index is 11.4. The summed E-state index contributed by atoms with van der Waals surface area (Å²) in [5.74, 6) is -0.558. The minimum Gasteiger partial charge on any atom is -0.462 e. The van der Waals surface area contributed by atoms with Gasteiger partial charge in [-0.15, -0.1) is 0 Å². The van der Waals surface area contributed by atoms with Crippen molar-refractivity contribution in [3.05, 3.63) is 0 Å². The number of epoxide rings is 1. The first-order chi connectivity index (χ1) is 6.42. The highest BCUT2D eigenvalue weighted by Crippen LogP contribution is 2.16. The fourth-order valence-electron chi connectivity index (χ4n) is 0.808. The Balaban J connectivity index is 2.52. The number of hydrogen-bond acceptors (Lipinski definition) is 5. The quantitative estimate of drug-likeness (QED) is 0.367. The zero-order valence-corrected chi connectivity index (χ0v) is 8.83. The highest BCUT2D eigenvalue weighted by molar-refractivity contribution is 7.71. The van der Waals surface area contributed by atoms with E-state index in [1.807, 2.05) is 0 Å². The summed E-state index contributed by atoms with van der Waals surface area (Å²) >= 11 is 0. The van der Waals surface area contributed by atoms with Crippen molar-refractivity contribution >= 4 is 21.6 Å². The van der Waals surface area contributed by atoms with Gasteiger partial charge in [-0.2, -0.15) is 8.42 Å². The molecule has 1 heterocycles. The summed E-state index contributed by atoms with van der Waals surface area (Å²) < 4.78 is 30.5. The summed E-state index contributed by atoms with van der Waals surface area (Å²) in [5, 5.41) is 0.920. The fourth-order valence-corrected chi connectivity index (χ4v) is 1.38. The predicted molar refractivity (Wildman–Crippen MR) is 49.5 cm³/mol. The fraction of sp³-hybridized carbons (Fsp3) is 0.750. The van der Waals surface area contributed by atoms with Gasteiger partial charge >= 0.3 is 5.97 Å². The highest BCUT2D eigenvalue weighted by Gasteiger charge is 2.31. The number of esters is 1. The van der Waals surface area contributed by atoms with Crippen molar-refractivity contribution in [1.29, 1.82) is 0 Å². The summed E-state index contributed by atoms with van der Waals surface area (Å²) in [6.07, 6.45) is -0.00695. The van der Waals surface area contributed by atoms with Crippen molar-refractivity contribution < 1.29 is 22.7 Å². The number of rotatable bonds is 4. The number of carbonyl (C=O) groups excluding carboxylic acids is 1. The molecule has 0 saturated carbocycles. The van der Waals surface area contributed by atoms with Crippen LogP contribution in [-0.4, -0.2) is 39.1 Å². The molecule has 0 amide bonds. The molecule has 1 fully saturated rings. The average Bonchev–Trinajstić information content (AvgIpc) is 2.80. The van der Waals surface area contributed by atoms with Crippen molar-refractivity contribution in [2.75, 3.05) is 13.2 Å². The molecule has 1 unspecified atom stereocenters. The molecule has 14 heavy (non-hydrogen) atoms. The summed E-state index contributed by atoms with van der Waals surface area (Å²) in [6, 6.07) is 0. The molecule has 0 N–H and O–H groups in total. The van der Waals surface area contributed by atoms with E-state index in [1.54, 1.807) is 0 Å². The van der Waals surface area contributed by atoms with Crippen molar-refractivity contribution in [1.82, 2.24) is 0 Å². The lowest BCUT2D eigenvalue weighted by atomic mass is 9.97. The van der Waals surface area contributed by atoms with Crippen LogP contribution in [0.2, 0.25) is 0 Å². The molecule has 1 aliphatic rings. The molecule has 0 radical (unpaired) electrons. The van der Waals surface area contributed by atoms with Crippen LogP contribution in [0, 0.1) is 5.41 Å². The first-order valence-corrected chi connectivity index (χ1v) is 5.28. The van der Waals surface area contributed by atoms with Crippen LogP contribution in [0.5, 0.6) is 0 Å². The SMILES string of the molecule is CC(C)(C=S(=O)=O)C(=O)OCC1CO1. The van der Waals surface area contributed by atoms with Crippen LogP contribution in [0.4, 0.5) is 0 Å². The molecule has 80 valence electrons. The van der Waals surface area contributed by atoms with E-state index >= 15 is 0 Å². The molecule has 6 heteroatoms. The zero-order valence-electron chi connectivity index (χ0n) is 8.02. The van der Waals surface area contributed by atoms with Gasteiger partial charge in [0.05, 0.1) is 17.4 Å². The van der Waals surface area contributed by atoms with Gasteiger partial charge in [-0.05, 0) is 13.8 Å². The van der Waals surface area contributed by atoms with Gasteiger partial charge in [-0.25, -0.2) is 0 Å². The molecular weight excluding hydrogens is 208 g/mol. The third kappa shape index (κ3) is 3.47. The van der Waals surface area contributed by atoms with Crippen molar-refractivity contribution in [2.24, 2.45) is 5.41 Å². The third-order valence-corrected chi connectivity index (χ3v) is 2.50. The lowest BCUT2D eigenvalue weighted by Gasteiger charge is -2.15. The topological polar surface area (TPSA) is 73.0 Å². The molecule has 1 aliphatic heterocycles. The van der Waals surface area contributed by atoms with E-state index in [0.717, 1.165) is 5.37 Å². The monoisotopic (exact) mass is 220 g/mol. The third-order valence-electron chi connectivity index (χ3n) is 1.72. The molecule has 0 spiro atoms. The molecule has 1 atom stereocenters. The Hall–Kier alpha value is -0.880. The maximum atomic E-state index is 11.4. The van der Waals surface area contributed by atoms with Gasteiger partial charge in [-0.1, -0.05) is 0 Å². The second kappa shape index (κ2) is 4.10. The molecule has 5 nitrogen and oxygen atoms in total. The minimum atomic E-state index is -2.36. The van der Waals surface area contributed by atoms with E-state index in [4.69, 9.17) is 9.47 Å². The number of hydrogen-bond donors (Lipinski definition) is 0. The van der Waals surface area contributed by atoms with E-state index in [1.165, 1.54) is 13.8 Å². The molecule has 0 aromatic rings. The molecular formula is C8H12O5S. The Labute approximate surface area is 83.5 Å². The predicted octanol–water partition coefficient (Wildman–Crippen LogP) is -0.364. The van der Waals surface area contributed by atoms with E-state index in [9.17, 15) is 13.2 Å². The van der Waals surface area contributed by atoms with Crippen LogP contribution in [0.15, 0.2) is 0 Å². The van der Waals surface area contributed by atoms with Gasteiger partial charge in [0.15, 0.2) is 0 Å². The van der Waals surface area contributed by atoms with Crippen LogP contribution < -0.4 is 0 Å². The van der Waals surface area contributed by atoms with Crippen LogP contribution >= 0.6 is 0 Å². The lowest BCUT2D eigenvalue weighted by Crippen LogP contribution is -2.29. The first kappa shape index (κ1) is 11.2. The smallest absolute Gasteiger partial charge is 0.316 e. The molecule has 0 aromatic carbocycles. The second-order valence-corrected chi connectivity index (χ2v) is 4.41. The Kier molecular flexibility index (Phi) is 3.28. The minimum absolute atomic E-state index is 0.00695. The van der Waals surface area contributed by atoms with Crippen LogP contribution in [0.1, 0.15) is 13.8 Å². The second-order valence-electron chi connectivity index (χ2n) is 3.65. The Morgan fingerprint density at radius 1 is 1.64 bits per heavy atom. The van der Waals surface area contributed by atoms with Gasteiger partial charge in [0.2, 0.25) is 10.3 Å². The molecule has 1 saturated heterocycles. The van der Waals surface area contributed by atoms with E-state index in [0.29, 0.717) is 6.61 Å². The standard InChI is InChI=1S/C8H12O5S/c1-8(2,5-14(10)11)7(9)13-4-6-3-12-6/h5-6H,3-4H2,1-2H3. The first-order valence-electron chi connectivity index (χ1n) is 4.15. The van der Waals surface area contributed by atoms with Gasteiger partial charge in [0.25, 0.3) is 0 Å². The summed E-state index contributed by atoms with van der Waals surface area (Å²) in [5.41, 5.74) is -1.11. The lowest BCUT2D eigenvalue weighted by molar-refractivity contribution is -0.150. The Morgan fingerprint density at radius 3 is 2.64 bits per heavy atom. The van der Waals surface area contributed by atoms with Crippen LogP contribution in [-0.2, 0) is 24.6 Å². The van der Waals surface area contributed by atoms with Crippen LogP contribution in [0.25, 0.3) is 0 Å². The van der Waals surface area contributed by atoms with Crippen LogP contribution in [0.3, 0.4) is 0 Å². The Morgan fingerprint density at radius 2 is 2.21 bits per heavy atom. The number of carbonyl (C=O) groups is 1. The van der Waals surface area contributed by atoms with Gasteiger partial charge in [0, 0.05) is 0 Å². The average molecular weight is 220 g/mol. The molecule has 0 aromatic heterocycles. The molecule has 0 aliphatic carbocycles. The van der Waals surface area contributed by atoms with E-state index < -0.39 is 21.7 Å². The van der Waals surface area contributed by atoms with E-state index in [2.05, 4.69) is 0 Å². The largest absolute Gasteiger partial charge is 0.462 e. The van der Waals surface area contributed by atoms with Gasteiger partial charge < -0.3 is 9.47 Å². The zero-order chi connectivity index (χ0) is 10.8. The van der Waals surface area contributed by atoms with E-state index in [-0.39, 0.29) is 12.7 Å². The summed E-state index contributed by atoms with van der Waals surface area (Å²) in [6.45, 7) is 3.77. The normalized spacial score (nSPS) is 20.0. The van der Waals surface area contributed by atoms with Gasteiger partial charge in [0.1, 0.15) is 12.7 Å². The van der Waals surface area contributed by atoms with Crippen molar-refractivity contribution in [2.45, 2.75) is 20.0 Å². The van der Waals surface area contributed by atoms with Crippen molar-refractivity contribution in [3.8, 4) is 0 Å². The van der Waals surface area contributed by atoms with Crippen molar-refractivity contribution in [3.63, 3.8) is 0 Å². The molecule has 1 rings (SSSR count).